The number of benzene rings is 2. The number of alkyl halides is 3. The van der Waals surface area contributed by atoms with Crippen molar-refractivity contribution in [3.63, 3.8) is 0 Å². The zero-order valence-corrected chi connectivity index (χ0v) is 16.2. The molecule has 0 spiro atoms. The molecule has 8 heteroatoms. The molecule has 146 valence electrons. The Balaban J connectivity index is 1.86. The summed E-state index contributed by atoms with van der Waals surface area (Å²) in [6, 6.07) is 12.2. The largest absolute Gasteiger partial charge is 0.493 e. The summed E-state index contributed by atoms with van der Waals surface area (Å²) < 4.78 is 47.6. The Hall–Kier alpha value is -2.22. The van der Waals surface area contributed by atoms with Gasteiger partial charge in [-0.15, -0.1) is 0 Å². The first kappa shape index (κ1) is 21.1. The van der Waals surface area contributed by atoms with Crippen LogP contribution in [0.15, 0.2) is 46.9 Å². The highest BCUT2D eigenvalue weighted by Crippen LogP contribution is 2.30. The molecule has 2 rings (SSSR count). The van der Waals surface area contributed by atoms with Crippen molar-refractivity contribution in [2.24, 2.45) is 0 Å². The number of methoxy groups -OCH3 is 1. The van der Waals surface area contributed by atoms with Gasteiger partial charge in [0.05, 0.1) is 7.11 Å². The smallest absolute Gasteiger partial charge is 0.422 e. The first-order valence-electron chi connectivity index (χ1n) is 8.14. The van der Waals surface area contributed by atoms with Gasteiger partial charge in [0.2, 0.25) is 5.91 Å². The van der Waals surface area contributed by atoms with Gasteiger partial charge in [-0.3, -0.25) is 4.79 Å². The quantitative estimate of drug-likeness (QED) is 0.643. The second kappa shape index (κ2) is 9.64. The highest BCUT2D eigenvalue weighted by atomic mass is 79.9. The van der Waals surface area contributed by atoms with Crippen molar-refractivity contribution in [2.45, 2.75) is 25.6 Å². The van der Waals surface area contributed by atoms with E-state index in [-0.39, 0.29) is 23.8 Å². The molecule has 27 heavy (non-hydrogen) atoms. The van der Waals surface area contributed by atoms with E-state index in [4.69, 9.17) is 9.47 Å². The highest BCUT2D eigenvalue weighted by molar-refractivity contribution is 9.10. The second-order valence-electron chi connectivity index (χ2n) is 5.80. The van der Waals surface area contributed by atoms with Crippen LogP contribution in [0.1, 0.15) is 17.5 Å². The fourth-order valence-corrected chi connectivity index (χ4v) is 2.79. The highest BCUT2D eigenvalue weighted by Gasteiger charge is 2.29. The Morgan fingerprint density at radius 3 is 2.56 bits per heavy atom. The third-order valence-corrected chi connectivity index (χ3v) is 4.13. The van der Waals surface area contributed by atoms with Gasteiger partial charge in [-0.2, -0.15) is 13.2 Å². The maximum Gasteiger partial charge on any atom is 0.422 e. The van der Waals surface area contributed by atoms with Gasteiger partial charge >= 0.3 is 6.18 Å². The Bertz CT molecular complexity index is 781. The standard InChI is InChI=1S/C19H19BrF3NO3/c1-26-17-10-13(5-7-16(17)27-12-19(21,22)23)6-8-18(25)24-11-14-3-2-4-15(20)9-14/h2-5,7,9-10H,6,8,11-12H2,1H3,(H,24,25). The van der Waals surface area contributed by atoms with Crippen molar-refractivity contribution in [3.8, 4) is 11.5 Å². The van der Waals surface area contributed by atoms with Crippen LogP contribution in [-0.4, -0.2) is 25.8 Å². The predicted molar refractivity (Wildman–Crippen MR) is 98.9 cm³/mol. The van der Waals surface area contributed by atoms with Crippen molar-refractivity contribution < 1.29 is 27.4 Å². The van der Waals surface area contributed by atoms with Crippen LogP contribution in [0.25, 0.3) is 0 Å². The Kier molecular flexibility index (Phi) is 7.53. The van der Waals surface area contributed by atoms with Crippen LogP contribution >= 0.6 is 15.9 Å². The summed E-state index contributed by atoms with van der Waals surface area (Å²) in [7, 11) is 1.35. The fraction of sp³-hybridized carbons (Fsp3) is 0.316. The molecule has 0 aliphatic rings. The summed E-state index contributed by atoms with van der Waals surface area (Å²) in [6.07, 6.45) is -3.74. The molecule has 2 aromatic rings. The summed E-state index contributed by atoms with van der Waals surface area (Å²) in [4.78, 5) is 12.0. The van der Waals surface area contributed by atoms with Crippen molar-refractivity contribution >= 4 is 21.8 Å². The minimum Gasteiger partial charge on any atom is -0.493 e. The zero-order valence-electron chi connectivity index (χ0n) is 14.6. The Morgan fingerprint density at radius 2 is 1.89 bits per heavy atom. The average Bonchev–Trinajstić information content (AvgIpc) is 2.62. The van der Waals surface area contributed by atoms with E-state index in [1.165, 1.54) is 13.2 Å². The van der Waals surface area contributed by atoms with E-state index in [1.807, 2.05) is 24.3 Å². The minimum absolute atomic E-state index is 0.0117. The molecular weight excluding hydrogens is 427 g/mol. The molecule has 0 heterocycles. The number of hydrogen-bond donors (Lipinski definition) is 1. The van der Waals surface area contributed by atoms with Crippen LogP contribution in [0.5, 0.6) is 11.5 Å². The first-order chi connectivity index (χ1) is 12.8. The number of rotatable bonds is 8. The molecular formula is C19H19BrF3NO3. The molecule has 0 aliphatic heterocycles. The summed E-state index contributed by atoms with van der Waals surface area (Å²) >= 11 is 3.37. The van der Waals surface area contributed by atoms with Gasteiger partial charge in [0.15, 0.2) is 18.1 Å². The van der Waals surface area contributed by atoms with Gasteiger partial charge in [-0.1, -0.05) is 34.1 Å². The van der Waals surface area contributed by atoms with Crippen LogP contribution < -0.4 is 14.8 Å². The van der Waals surface area contributed by atoms with Gasteiger partial charge < -0.3 is 14.8 Å². The number of aryl methyl sites for hydroxylation is 1. The molecule has 1 amide bonds. The molecule has 2 aromatic carbocycles. The molecule has 0 unspecified atom stereocenters. The minimum atomic E-state index is -4.42. The lowest BCUT2D eigenvalue weighted by Crippen LogP contribution is -2.23. The molecule has 1 N–H and O–H groups in total. The zero-order chi connectivity index (χ0) is 19.9. The van der Waals surface area contributed by atoms with E-state index in [0.717, 1.165) is 15.6 Å². The number of hydrogen-bond acceptors (Lipinski definition) is 3. The van der Waals surface area contributed by atoms with Gasteiger partial charge in [0, 0.05) is 17.4 Å². The van der Waals surface area contributed by atoms with E-state index in [0.29, 0.717) is 13.0 Å². The summed E-state index contributed by atoms with van der Waals surface area (Å²) in [5.74, 6) is 0.0929. The number of carbonyl (C=O) groups excluding carboxylic acids is 1. The van der Waals surface area contributed by atoms with Crippen molar-refractivity contribution in [1.82, 2.24) is 5.32 Å². The third-order valence-electron chi connectivity index (χ3n) is 3.64. The maximum absolute atomic E-state index is 12.3. The third kappa shape index (κ3) is 7.50. The normalized spacial score (nSPS) is 11.1. The van der Waals surface area contributed by atoms with Gasteiger partial charge in [-0.25, -0.2) is 0 Å². The van der Waals surface area contributed by atoms with Crippen LogP contribution in [-0.2, 0) is 17.8 Å². The lowest BCUT2D eigenvalue weighted by atomic mass is 10.1. The van der Waals surface area contributed by atoms with Crippen molar-refractivity contribution in [1.29, 1.82) is 0 Å². The number of halogens is 4. The van der Waals surface area contributed by atoms with Crippen molar-refractivity contribution in [3.05, 3.63) is 58.1 Å². The van der Waals surface area contributed by atoms with E-state index >= 15 is 0 Å². The summed E-state index contributed by atoms with van der Waals surface area (Å²) in [6.45, 7) is -0.966. The van der Waals surface area contributed by atoms with E-state index < -0.39 is 12.8 Å². The molecule has 0 aliphatic carbocycles. The number of ether oxygens (including phenoxy) is 2. The predicted octanol–water partition coefficient (Wildman–Crippen LogP) is 4.65. The summed E-state index contributed by atoms with van der Waals surface area (Å²) in [5, 5.41) is 2.83. The Morgan fingerprint density at radius 1 is 1.11 bits per heavy atom. The van der Waals surface area contributed by atoms with E-state index in [2.05, 4.69) is 21.2 Å². The monoisotopic (exact) mass is 445 g/mol. The maximum atomic E-state index is 12.3. The first-order valence-corrected chi connectivity index (χ1v) is 8.94. The van der Waals surface area contributed by atoms with Crippen LogP contribution in [0.4, 0.5) is 13.2 Å². The lowest BCUT2D eigenvalue weighted by molar-refractivity contribution is -0.153. The van der Waals surface area contributed by atoms with Crippen molar-refractivity contribution in [2.75, 3.05) is 13.7 Å². The molecule has 0 fully saturated rings. The molecule has 4 nitrogen and oxygen atoms in total. The molecule has 0 saturated heterocycles. The van der Waals surface area contributed by atoms with Gasteiger partial charge in [-0.05, 0) is 41.8 Å². The lowest BCUT2D eigenvalue weighted by Gasteiger charge is -2.13. The molecule has 0 atom stereocenters. The molecule has 0 aromatic heterocycles. The number of amides is 1. The van der Waals surface area contributed by atoms with Crippen LogP contribution in [0.2, 0.25) is 0 Å². The molecule has 0 bridgehead atoms. The topological polar surface area (TPSA) is 47.6 Å². The number of nitrogens with one attached hydrogen (secondary N) is 1. The average molecular weight is 446 g/mol. The van der Waals surface area contributed by atoms with Crippen LogP contribution in [0, 0.1) is 0 Å². The SMILES string of the molecule is COc1cc(CCC(=O)NCc2cccc(Br)c2)ccc1OCC(F)(F)F. The van der Waals surface area contributed by atoms with Crippen LogP contribution in [0.3, 0.4) is 0 Å². The summed E-state index contributed by atoms with van der Waals surface area (Å²) in [5.41, 5.74) is 1.74. The van der Waals surface area contributed by atoms with E-state index in [9.17, 15) is 18.0 Å². The molecule has 0 radical (unpaired) electrons. The number of carbonyl (C=O) groups is 1. The van der Waals surface area contributed by atoms with Gasteiger partial charge in [0.25, 0.3) is 0 Å². The van der Waals surface area contributed by atoms with E-state index in [1.54, 1.807) is 12.1 Å². The van der Waals surface area contributed by atoms with Gasteiger partial charge in [0.1, 0.15) is 0 Å². The molecule has 0 saturated carbocycles. The fourth-order valence-electron chi connectivity index (χ4n) is 2.34. The Labute approximate surface area is 163 Å². The second-order valence-corrected chi connectivity index (χ2v) is 6.71.